The number of fused-ring (bicyclic) bond motifs is 1. The smallest absolute Gasteiger partial charge is 0.119 e. The lowest BCUT2D eigenvalue weighted by Crippen LogP contribution is -1.90. The molecule has 1 nitrogen and oxygen atoms in total. The minimum Gasteiger partial charge on any atom is -0.494 e. The molecule has 0 unspecified atom stereocenters. The summed E-state index contributed by atoms with van der Waals surface area (Å²) in [6, 6.07) is 12.2. The maximum absolute atomic E-state index is 5.43. The second kappa shape index (κ2) is 3.93. The molecule has 2 aromatic rings. The Hall–Kier alpha value is -1.15. The second-order valence-electron chi connectivity index (χ2n) is 3.13. The first-order chi connectivity index (χ1) is 6.79. The minimum absolute atomic E-state index is 0.705. The molecule has 0 fully saturated rings. The molecule has 0 heterocycles. The van der Waals surface area contributed by atoms with E-state index >= 15 is 0 Å². The summed E-state index contributed by atoms with van der Waals surface area (Å²) in [5, 5.41) is 2.38. The Morgan fingerprint density at radius 3 is 2.57 bits per heavy atom. The van der Waals surface area contributed by atoms with Gasteiger partial charge in [0.2, 0.25) is 0 Å². The molecule has 0 bridgehead atoms. The van der Waals surface area contributed by atoms with Crippen molar-refractivity contribution in [3.05, 3.63) is 36.4 Å². The van der Waals surface area contributed by atoms with E-state index in [1.54, 1.807) is 0 Å². The molecule has 2 aromatic carbocycles. The van der Waals surface area contributed by atoms with Crippen LogP contribution in [0.3, 0.4) is 0 Å². The summed E-state index contributed by atoms with van der Waals surface area (Å²) in [7, 11) is 0. The Morgan fingerprint density at radius 2 is 1.79 bits per heavy atom. The normalized spacial score (nSPS) is 10.4. The summed E-state index contributed by atoms with van der Waals surface area (Å²) < 4.78 is 5.43. The van der Waals surface area contributed by atoms with Gasteiger partial charge in [-0.3, -0.25) is 0 Å². The Balaban J connectivity index is 2.50. The largest absolute Gasteiger partial charge is 0.494 e. The number of benzene rings is 2. The van der Waals surface area contributed by atoms with Crippen molar-refractivity contribution in [3.63, 3.8) is 0 Å². The predicted molar refractivity (Wildman–Crippen MR) is 62.4 cm³/mol. The van der Waals surface area contributed by atoms with E-state index in [0.29, 0.717) is 6.61 Å². The maximum atomic E-state index is 5.43. The molecular weight excluding hydrogens is 192 g/mol. The quantitative estimate of drug-likeness (QED) is 0.736. The Morgan fingerprint density at radius 1 is 1.07 bits per heavy atom. The third-order valence-electron chi connectivity index (χ3n) is 2.11. The first-order valence-electron chi connectivity index (χ1n) is 4.65. The Kier molecular flexibility index (Phi) is 2.64. The van der Waals surface area contributed by atoms with Crippen LogP contribution in [0.5, 0.6) is 5.75 Å². The number of rotatable bonds is 2. The van der Waals surface area contributed by atoms with Gasteiger partial charge in [-0.15, -0.1) is 12.6 Å². The van der Waals surface area contributed by atoms with E-state index in [-0.39, 0.29) is 0 Å². The molecule has 0 radical (unpaired) electrons. The van der Waals surface area contributed by atoms with E-state index in [9.17, 15) is 0 Å². The molecule has 0 spiro atoms. The molecule has 2 rings (SSSR count). The third-order valence-corrected chi connectivity index (χ3v) is 2.38. The average Bonchev–Trinajstić information content (AvgIpc) is 2.19. The summed E-state index contributed by atoms with van der Waals surface area (Å²) in [4.78, 5) is 0.988. The fourth-order valence-corrected chi connectivity index (χ4v) is 1.68. The summed E-state index contributed by atoms with van der Waals surface area (Å²) in [5.41, 5.74) is 0. The van der Waals surface area contributed by atoms with Crippen molar-refractivity contribution in [2.45, 2.75) is 11.8 Å². The van der Waals surface area contributed by atoms with Crippen molar-refractivity contribution in [1.82, 2.24) is 0 Å². The van der Waals surface area contributed by atoms with E-state index in [1.807, 2.05) is 31.2 Å². The van der Waals surface area contributed by atoms with Gasteiger partial charge in [-0.2, -0.15) is 0 Å². The van der Waals surface area contributed by atoms with E-state index in [2.05, 4.69) is 24.8 Å². The van der Waals surface area contributed by atoms with Gasteiger partial charge < -0.3 is 4.74 Å². The molecule has 0 saturated heterocycles. The van der Waals surface area contributed by atoms with E-state index in [0.717, 1.165) is 10.6 Å². The second-order valence-corrected chi connectivity index (χ2v) is 3.64. The lowest BCUT2D eigenvalue weighted by Gasteiger charge is -2.04. The first-order valence-corrected chi connectivity index (χ1v) is 5.10. The van der Waals surface area contributed by atoms with E-state index < -0.39 is 0 Å². The molecule has 0 aliphatic carbocycles. The molecule has 0 atom stereocenters. The Labute approximate surface area is 89.1 Å². The zero-order valence-corrected chi connectivity index (χ0v) is 8.92. The SMILES string of the molecule is CCOc1ccc2cc(S)ccc2c1. The fourth-order valence-electron chi connectivity index (χ4n) is 1.47. The van der Waals surface area contributed by atoms with Crippen LogP contribution in [0.15, 0.2) is 41.3 Å². The molecule has 0 aromatic heterocycles. The standard InChI is InChI=1S/C12H12OS/c1-2-13-11-5-3-10-8-12(14)6-4-9(10)7-11/h3-8,14H,2H2,1H3. The number of ether oxygens (including phenoxy) is 1. The molecule has 0 aliphatic rings. The highest BCUT2D eigenvalue weighted by Crippen LogP contribution is 2.23. The maximum Gasteiger partial charge on any atom is 0.119 e. The van der Waals surface area contributed by atoms with Gasteiger partial charge in [0.1, 0.15) is 5.75 Å². The van der Waals surface area contributed by atoms with Crippen LogP contribution in [0.2, 0.25) is 0 Å². The van der Waals surface area contributed by atoms with Gasteiger partial charge in [-0.25, -0.2) is 0 Å². The zero-order valence-electron chi connectivity index (χ0n) is 8.03. The molecule has 0 amide bonds. The monoisotopic (exact) mass is 204 g/mol. The van der Waals surface area contributed by atoms with Crippen LogP contribution >= 0.6 is 12.6 Å². The van der Waals surface area contributed by atoms with E-state index in [1.165, 1.54) is 10.8 Å². The molecule has 72 valence electrons. The van der Waals surface area contributed by atoms with Crippen molar-refractivity contribution < 1.29 is 4.74 Å². The number of thiol groups is 1. The number of hydrogen-bond acceptors (Lipinski definition) is 2. The molecule has 2 heteroatoms. The summed E-state index contributed by atoms with van der Waals surface area (Å²) >= 11 is 4.30. The van der Waals surface area contributed by atoms with Crippen LogP contribution in [0.4, 0.5) is 0 Å². The van der Waals surface area contributed by atoms with Crippen molar-refractivity contribution in [3.8, 4) is 5.75 Å². The van der Waals surface area contributed by atoms with Crippen LogP contribution in [-0.4, -0.2) is 6.61 Å². The van der Waals surface area contributed by atoms with Crippen LogP contribution in [0.1, 0.15) is 6.92 Å². The lowest BCUT2D eigenvalue weighted by molar-refractivity contribution is 0.341. The van der Waals surface area contributed by atoms with Gasteiger partial charge in [0.05, 0.1) is 6.61 Å². The van der Waals surface area contributed by atoms with Crippen molar-refractivity contribution >= 4 is 23.4 Å². The van der Waals surface area contributed by atoms with Gasteiger partial charge in [-0.1, -0.05) is 12.1 Å². The first kappa shape index (κ1) is 9.41. The van der Waals surface area contributed by atoms with Gasteiger partial charge in [-0.05, 0) is 42.0 Å². The van der Waals surface area contributed by atoms with Gasteiger partial charge in [0.25, 0.3) is 0 Å². The lowest BCUT2D eigenvalue weighted by atomic mass is 10.1. The zero-order chi connectivity index (χ0) is 9.97. The third kappa shape index (κ3) is 1.85. The highest BCUT2D eigenvalue weighted by atomic mass is 32.1. The minimum atomic E-state index is 0.705. The number of hydrogen-bond donors (Lipinski definition) is 1. The Bertz CT molecular complexity index is 451. The summed E-state index contributed by atoms with van der Waals surface area (Å²) in [5.74, 6) is 0.923. The van der Waals surface area contributed by atoms with Crippen LogP contribution in [0.25, 0.3) is 10.8 Å². The van der Waals surface area contributed by atoms with Crippen LogP contribution < -0.4 is 4.74 Å². The topological polar surface area (TPSA) is 9.23 Å². The van der Waals surface area contributed by atoms with Crippen LogP contribution in [0, 0.1) is 0 Å². The van der Waals surface area contributed by atoms with Crippen molar-refractivity contribution in [2.24, 2.45) is 0 Å². The highest BCUT2D eigenvalue weighted by molar-refractivity contribution is 7.80. The van der Waals surface area contributed by atoms with Gasteiger partial charge in [0, 0.05) is 4.90 Å². The van der Waals surface area contributed by atoms with Gasteiger partial charge in [0.15, 0.2) is 0 Å². The van der Waals surface area contributed by atoms with Gasteiger partial charge >= 0.3 is 0 Å². The summed E-state index contributed by atoms with van der Waals surface area (Å²) in [6.45, 7) is 2.69. The molecule has 14 heavy (non-hydrogen) atoms. The molecular formula is C12H12OS. The van der Waals surface area contributed by atoms with Crippen LogP contribution in [-0.2, 0) is 0 Å². The fraction of sp³-hybridized carbons (Fsp3) is 0.167. The molecule has 0 aliphatic heterocycles. The molecule has 0 saturated carbocycles. The highest BCUT2D eigenvalue weighted by Gasteiger charge is 1.96. The average molecular weight is 204 g/mol. The van der Waals surface area contributed by atoms with E-state index in [4.69, 9.17) is 4.74 Å². The predicted octanol–water partition coefficient (Wildman–Crippen LogP) is 3.53. The summed E-state index contributed by atoms with van der Waals surface area (Å²) in [6.07, 6.45) is 0. The van der Waals surface area contributed by atoms with Crippen molar-refractivity contribution in [2.75, 3.05) is 6.61 Å². The molecule has 0 N–H and O–H groups in total. The van der Waals surface area contributed by atoms with Crippen molar-refractivity contribution in [1.29, 1.82) is 0 Å².